The van der Waals surface area contributed by atoms with Gasteiger partial charge in [0.15, 0.2) is 5.82 Å². The number of rotatable bonds is 16. The minimum atomic E-state index is -0.916. The van der Waals surface area contributed by atoms with Gasteiger partial charge in [-0.25, -0.2) is 13.8 Å². The second-order valence-corrected chi connectivity index (χ2v) is 16.1. The molecule has 57 heavy (non-hydrogen) atoms. The van der Waals surface area contributed by atoms with E-state index in [2.05, 4.69) is 26.3 Å². The van der Waals surface area contributed by atoms with E-state index in [1.54, 1.807) is 33.2 Å². The molecular weight excluding hydrogens is 733 g/mol. The van der Waals surface area contributed by atoms with Gasteiger partial charge in [-0.3, -0.25) is 19.7 Å². The van der Waals surface area contributed by atoms with Gasteiger partial charge in [0.1, 0.15) is 23.9 Å². The van der Waals surface area contributed by atoms with Crippen molar-refractivity contribution in [2.45, 2.75) is 122 Å². The molecule has 2 aliphatic heterocycles. The molecular formula is C42H59F2N9O4. The average Bonchev–Trinajstić information content (AvgIpc) is 4.00. The zero-order chi connectivity index (χ0) is 41.1. The summed E-state index contributed by atoms with van der Waals surface area (Å²) in [6.45, 7) is 10.8. The molecule has 4 aromatic rings. The van der Waals surface area contributed by atoms with Gasteiger partial charge in [0.25, 0.3) is 0 Å². The summed E-state index contributed by atoms with van der Waals surface area (Å²) in [6.07, 6.45) is 3.09. The van der Waals surface area contributed by atoms with Crippen LogP contribution in [0, 0.1) is 17.6 Å². The van der Waals surface area contributed by atoms with E-state index < -0.39 is 36.0 Å². The van der Waals surface area contributed by atoms with E-state index in [4.69, 9.17) is 4.98 Å². The Morgan fingerprint density at radius 2 is 1.60 bits per heavy atom. The molecule has 3 amide bonds. The number of aromatic amines is 1. The van der Waals surface area contributed by atoms with Crippen LogP contribution < -0.4 is 21.3 Å². The number of carbonyl (C=O) groups excluding carboxylic acids is 3. The highest BCUT2D eigenvalue weighted by atomic mass is 19.1. The molecule has 2 unspecified atom stereocenters. The number of amides is 3. The molecule has 6 rings (SSSR count). The first kappa shape index (κ1) is 42.2. The minimum absolute atomic E-state index is 0.0835. The lowest BCUT2D eigenvalue weighted by atomic mass is 9.99. The van der Waals surface area contributed by atoms with Crippen LogP contribution in [-0.2, 0) is 27.3 Å². The topological polar surface area (TPSA) is 160 Å². The molecule has 7 atom stereocenters. The van der Waals surface area contributed by atoms with Gasteiger partial charge in [0, 0.05) is 54.7 Å². The average molecular weight is 792 g/mol. The highest BCUT2D eigenvalue weighted by Crippen LogP contribution is 2.37. The zero-order valence-corrected chi connectivity index (χ0v) is 34.2. The fourth-order valence-corrected chi connectivity index (χ4v) is 8.38. The van der Waals surface area contributed by atoms with Crippen molar-refractivity contribution in [2.24, 2.45) is 5.92 Å². The van der Waals surface area contributed by atoms with E-state index in [0.717, 1.165) is 36.6 Å². The molecule has 0 spiro atoms. The molecule has 310 valence electrons. The molecule has 15 heteroatoms. The van der Waals surface area contributed by atoms with Gasteiger partial charge in [0.2, 0.25) is 17.7 Å². The monoisotopic (exact) mass is 791 g/mol. The van der Waals surface area contributed by atoms with Crippen LogP contribution >= 0.6 is 0 Å². The first-order valence-corrected chi connectivity index (χ1v) is 20.4. The van der Waals surface area contributed by atoms with Gasteiger partial charge in [0.05, 0.1) is 28.8 Å². The second-order valence-electron chi connectivity index (χ2n) is 16.1. The lowest BCUT2D eigenvalue weighted by Crippen LogP contribution is -2.55. The maximum atomic E-state index is 14.8. The van der Waals surface area contributed by atoms with Crippen LogP contribution in [0.4, 0.5) is 8.78 Å². The van der Waals surface area contributed by atoms with Gasteiger partial charge in [-0.05, 0) is 108 Å². The highest BCUT2D eigenvalue weighted by molar-refractivity contribution is 5.92. The van der Waals surface area contributed by atoms with E-state index in [0.29, 0.717) is 60.5 Å². The van der Waals surface area contributed by atoms with Crippen molar-refractivity contribution < 1.29 is 28.3 Å². The van der Waals surface area contributed by atoms with Gasteiger partial charge in [-0.2, -0.15) is 0 Å². The number of fused-ring (bicyclic) bond motifs is 2. The first-order valence-electron chi connectivity index (χ1n) is 20.4. The number of nitrogens with zero attached hydrogens (tertiary/aromatic N) is 4. The molecule has 2 aromatic heterocycles. The van der Waals surface area contributed by atoms with Crippen LogP contribution in [0.2, 0.25) is 0 Å². The van der Waals surface area contributed by atoms with Crippen molar-refractivity contribution in [3.63, 3.8) is 0 Å². The molecule has 0 saturated carbocycles. The highest BCUT2D eigenvalue weighted by Gasteiger charge is 2.38. The van der Waals surface area contributed by atoms with Crippen molar-refractivity contribution >= 4 is 39.7 Å². The summed E-state index contributed by atoms with van der Waals surface area (Å²) in [5.74, 6) is -0.959. The summed E-state index contributed by atoms with van der Waals surface area (Å²) < 4.78 is 31.6. The number of aliphatic hydroxyl groups excluding tert-OH is 1. The molecule has 2 saturated heterocycles. The Bertz CT molecular complexity index is 2070. The third-order valence-corrected chi connectivity index (χ3v) is 12.0. The van der Waals surface area contributed by atoms with E-state index in [-0.39, 0.29) is 41.8 Å². The predicted molar refractivity (Wildman–Crippen MR) is 217 cm³/mol. The fraction of sp³-hybridized carbons (Fsp3) is 0.571. The number of aliphatic hydroxyl groups is 1. The number of benzene rings is 2. The number of nitrogens with one attached hydrogen (secondary N) is 5. The number of carbonyl (C=O) groups is 3. The Balaban J connectivity index is 1.37. The second kappa shape index (κ2) is 18.0. The quantitative estimate of drug-likeness (QED) is 0.0929. The minimum Gasteiger partial charge on any atom is -0.377 e. The van der Waals surface area contributed by atoms with Crippen LogP contribution in [0.3, 0.4) is 0 Å². The number of imidazole rings is 1. The van der Waals surface area contributed by atoms with Crippen molar-refractivity contribution in [2.75, 3.05) is 27.2 Å². The molecule has 0 aliphatic carbocycles. The maximum Gasteiger partial charge on any atom is 0.245 e. The van der Waals surface area contributed by atoms with E-state index in [1.165, 1.54) is 24.3 Å². The predicted octanol–water partition coefficient (Wildman–Crippen LogP) is 4.03. The SMILES string of the molecule is CCC(NC(O)[C@H](C)NC)C(=O)N1CCC[C@H]1Cc1c(-c2nc3cc(F)ccc3n2C[C@@H]2CCCN2C(=O)[C@@H](NC(=O)[C@H](C)NC)C(C)C)[nH]c2cc(F)ccc12. The first-order chi connectivity index (χ1) is 27.3. The molecule has 13 nitrogen and oxygen atoms in total. The fourth-order valence-electron chi connectivity index (χ4n) is 8.38. The van der Waals surface area contributed by atoms with Gasteiger partial charge < -0.3 is 40.4 Å². The van der Waals surface area contributed by atoms with Crippen LogP contribution in [0.25, 0.3) is 33.5 Å². The molecule has 0 bridgehead atoms. The van der Waals surface area contributed by atoms with Crippen molar-refractivity contribution in [1.29, 1.82) is 0 Å². The number of H-pyrrole nitrogens is 1. The van der Waals surface area contributed by atoms with Crippen LogP contribution in [-0.4, -0.2) is 117 Å². The Morgan fingerprint density at radius 3 is 2.26 bits per heavy atom. The summed E-state index contributed by atoms with van der Waals surface area (Å²) in [6, 6.07) is 6.63. The standard InChI is InChI=1S/C42H59F2N9O4/c1-8-32(49-39(54)24(4)45-6)41(56)51-17-9-11-28(51)21-31-30-15-13-26(43)19-33(30)47-37(31)38-48-34-20-27(44)14-16-35(34)53(38)22-29-12-10-18-52(29)42(57)36(23(2)3)50-40(55)25(5)46-7/h13-16,19-20,23-25,28-29,32,36,39,45-47,49,54H,8-12,17-18,21-22H2,1-7H3,(H,50,55)/t24-,25-,28-,29-,32?,36-,39?/m0/s1. The van der Waals surface area contributed by atoms with Crippen molar-refractivity contribution in [1.82, 2.24) is 45.6 Å². The number of likely N-dealkylation sites (N-methyl/N-ethyl adjacent to an activating group) is 2. The molecule has 2 aromatic carbocycles. The van der Waals surface area contributed by atoms with Crippen molar-refractivity contribution in [3.8, 4) is 11.5 Å². The van der Waals surface area contributed by atoms with Crippen LogP contribution in [0.5, 0.6) is 0 Å². The molecule has 2 fully saturated rings. The Morgan fingerprint density at radius 1 is 0.930 bits per heavy atom. The largest absolute Gasteiger partial charge is 0.377 e. The Kier molecular flexibility index (Phi) is 13.3. The van der Waals surface area contributed by atoms with Crippen LogP contribution in [0.1, 0.15) is 72.3 Å². The van der Waals surface area contributed by atoms with Crippen LogP contribution in [0.15, 0.2) is 36.4 Å². The third kappa shape index (κ3) is 8.86. The lowest BCUT2D eigenvalue weighted by Gasteiger charge is -2.32. The van der Waals surface area contributed by atoms with E-state index in [9.17, 15) is 28.3 Å². The Labute approximate surface area is 333 Å². The van der Waals surface area contributed by atoms with E-state index in [1.807, 2.05) is 42.1 Å². The number of hydrogen-bond acceptors (Lipinski definition) is 8. The zero-order valence-electron chi connectivity index (χ0n) is 34.2. The summed E-state index contributed by atoms with van der Waals surface area (Å²) in [4.78, 5) is 53.4. The summed E-state index contributed by atoms with van der Waals surface area (Å²) >= 11 is 0. The number of aromatic nitrogens is 3. The molecule has 2 aliphatic rings. The summed E-state index contributed by atoms with van der Waals surface area (Å²) in [5.41, 5.74) is 3.19. The van der Waals surface area contributed by atoms with Gasteiger partial charge in [-0.15, -0.1) is 0 Å². The third-order valence-electron chi connectivity index (χ3n) is 12.0. The summed E-state index contributed by atoms with van der Waals surface area (Å²) in [7, 11) is 3.45. The molecule has 0 radical (unpaired) electrons. The van der Waals surface area contributed by atoms with Gasteiger partial charge in [-0.1, -0.05) is 20.8 Å². The van der Waals surface area contributed by atoms with Crippen molar-refractivity contribution in [3.05, 3.63) is 53.6 Å². The van der Waals surface area contributed by atoms with Gasteiger partial charge >= 0.3 is 0 Å². The molecule has 4 heterocycles. The van der Waals surface area contributed by atoms with E-state index >= 15 is 0 Å². The number of halogens is 2. The normalized spacial score (nSPS) is 20.1. The lowest BCUT2D eigenvalue weighted by molar-refractivity contribution is -0.139. The maximum absolute atomic E-state index is 14.8. The smallest absolute Gasteiger partial charge is 0.245 e. The summed E-state index contributed by atoms with van der Waals surface area (Å²) in [5, 5.41) is 23.5. The number of hydrogen-bond donors (Lipinski definition) is 6. The Hall–Kier alpha value is -4.44. The molecule has 6 N–H and O–H groups in total. The number of likely N-dealkylation sites (tertiary alicyclic amines) is 2.